The number of alkyl halides is 2. The van der Waals surface area contributed by atoms with Crippen molar-refractivity contribution in [3.63, 3.8) is 0 Å². The molecule has 1 atom stereocenters. The SMILES string of the molecule is CC(=O)N1CCN(c2ccc(CN(C(=O)/C=C/c3ccc(OC(F)F)cc3)[C@@H](Cc3ccccc3)C(=O)N3CCN(Cc4ccc(N(C)CCO)cc4)CC3)cc2)CC1. The Hall–Kier alpha value is -5.79. The molecule has 59 heavy (non-hydrogen) atoms. The van der Waals surface area contributed by atoms with Gasteiger partial charge in [0.1, 0.15) is 11.8 Å². The second-order valence-corrected chi connectivity index (χ2v) is 15.0. The predicted octanol–water partition coefficient (Wildman–Crippen LogP) is 5.38. The first kappa shape index (κ1) is 42.8. The van der Waals surface area contributed by atoms with Crippen LogP contribution in [-0.2, 0) is 33.9 Å². The molecule has 0 bridgehead atoms. The van der Waals surface area contributed by atoms with Gasteiger partial charge in [0.15, 0.2) is 0 Å². The number of aliphatic hydroxyl groups excluding tert-OH is 1. The molecule has 4 aromatic carbocycles. The Morgan fingerprint density at radius 1 is 0.763 bits per heavy atom. The molecule has 11 nitrogen and oxygen atoms in total. The minimum absolute atomic E-state index is 0.0166. The number of hydrogen-bond donors (Lipinski definition) is 1. The van der Waals surface area contributed by atoms with Crippen LogP contribution in [-0.4, -0.2) is 128 Å². The monoisotopic (exact) mass is 808 g/mol. The molecule has 6 rings (SSSR count). The van der Waals surface area contributed by atoms with E-state index in [1.165, 1.54) is 18.2 Å². The van der Waals surface area contributed by atoms with Crippen LogP contribution < -0.4 is 14.5 Å². The number of amides is 3. The van der Waals surface area contributed by atoms with Crippen LogP contribution in [0, 0.1) is 0 Å². The van der Waals surface area contributed by atoms with Crippen molar-refractivity contribution >= 4 is 35.2 Å². The van der Waals surface area contributed by atoms with E-state index in [-0.39, 0.29) is 36.6 Å². The molecule has 0 aromatic heterocycles. The maximum Gasteiger partial charge on any atom is 0.387 e. The average molecular weight is 809 g/mol. The number of piperazine rings is 2. The molecule has 0 radical (unpaired) electrons. The van der Waals surface area contributed by atoms with Crippen LogP contribution in [0.2, 0.25) is 0 Å². The van der Waals surface area contributed by atoms with Gasteiger partial charge in [-0.1, -0.05) is 66.7 Å². The van der Waals surface area contributed by atoms with Gasteiger partial charge in [-0.05, 0) is 64.7 Å². The van der Waals surface area contributed by atoms with Crippen molar-refractivity contribution in [3.8, 4) is 5.75 Å². The van der Waals surface area contributed by atoms with E-state index in [0.717, 1.165) is 47.7 Å². The Kier molecular flexibility index (Phi) is 15.1. The quantitative estimate of drug-likeness (QED) is 0.151. The summed E-state index contributed by atoms with van der Waals surface area (Å²) in [7, 11) is 1.95. The van der Waals surface area contributed by atoms with E-state index in [9.17, 15) is 28.3 Å². The number of halogens is 2. The lowest BCUT2D eigenvalue weighted by Crippen LogP contribution is -2.56. The molecule has 2 heterocycles. The van der Waals surface area contributed by atoms with Gasteiger partial charge in [-0.3, -0.25) is 19.3 Å². The normalized spacial score (nSPS) is 15.4. The second kappa shape index (κ2) is 20.8. The van der Waals surface area contributed by atoms with E-state index < -0.39 is 12.7 Å². The molecule has 0 unspecified atom stereocenters. The highest BCUT2D eigenvalue weighted by Crippen LogP contribution is 2.23. The third-order valence-corrected chi connectivity index (χ3v) is 11.0. The Bertz CT molecular complexity index is 1980. The summed E-state index contributed by atoms with van der Waals surface area (Å²) in [6.45, 7) is 5.35. The molecule has 2 aliphatic rings. The topological polar surface area (TPSA) is 100 Å². The second-order valence-electron chi connectivity index (χ2n) is 15.0. The van der Waals surface area contributed by atoms with E-state index >= 15 is 0 Å². The number of nitrogens with zero attached hydrogens (tertiary/aromatic N) is 6. The van der Waals surface area contributed by atoms with E-state index in [4.69, 9.17) is 0 Å². The molecule has 0 saturated carbocycles. The van der Waals surface area contributed by atoms with Gasteiger partial charge in [-0.2, -0.15) is 8.78 Å². The van der Waals surface area contributed by atoms with Crippen molar-refractivity contribution in [2.75, 3.05) is 82.4 Å². The maximum atomic E-state index is 14.8. The molecule has 0 spiro atoms. The Balaban J connectivity index is 1.21. The number of carbonyl (C=O) groups is 3. The first-order valence-corrected chi connectivity index (χ1v) is 20.1. The summed E-state index contributed by atoms with van der Waals surface area (Å²) < 4.78 is 30.0. The summed E-state index contributed by atoms with van der Waals surface area (Å²) in [4.78, 5) is 52.9. The minimum Gasteiger partial charge on any atom is -0.435 e. The van der Waals surface area contributed by atoms with Crippen LogP contribution in [0.25, 0.3) is 6.08 Å². The van der Waals surface area contributed by atoms with Crippen LogP contribution >= 0.6 is 0 Å². The average Bonchev–Trinajstić information content (AvgIpc) is 3.25. The number of benzene rings is 4. The molecule has 13 heteroatoms. The highest BCUT2D eigenvalue weighted by Gasteiger charge is 2.34. The van der Waals surface area contributed by atoms with E-state index in [0.29, 0.717) is 57.8 Å². The lowest BCUT2D eigenvalue weighted by molar-refractivity contribution is -0.145. The Morgan fingerprint density at radius 2 is 1.39 bits per heavy atom. The first-order valence-electron chi connectivity index (χ1n) is 20.1. The van der Waals surface area contributed by atoms with Gasteiger partial charge in [-0.25, -0.2) is 0 Å². The minimum atomic E-state index is -2.94. The van der Waals surface area contributed by atoms with Gasteiger partial charge >= 0.3 is 6.61 Å². The number of ether oxygens (including phenoxy) is 1. The molecule has 2 saturated heterocycles. The van der Waals surface area contributed by atoms with E-state index in [1.54, 1.807) is 30.0 Å². The van der Waals surface area contributed by atoms with Gasteiger partial charge in [0, 0.05) is 110 Å². The molecule has 2 aliphatic heterocycles. The Labute approximate surface area is 345 Å². The van der Waals surface area contributed by atoms with Gasteiger partial charge in [-0.15, -0.1) is 0 Å². The zero-order chi connectivity index (χ0) is 41.7. The molecule has 2 fully saturated rings. The van der Waals surface area contributed by atoms with Crippen LogP contribution in [0.5, 0.6) is 5.75 Å². The van der Waals surface area contributed by atoms with Crippen LogP contribution in [0.3, 0.4) is 0 Å². The highest BCUT2D eigenvalue weighted by atomic mass is 19.3. The third-order valence-electron chi connectivity index (χ3n) is 11.0. The lowest BCUT2D eigenvalue weighted by atomic mass is 10.0. The third kappa shape index (κ3) is 12.1. The summed E-state index contributed by atoms with van der Waals surface area (Å²) in [5, 5.41) is 9.29. The molecule has 3 amide bonds. The van der Waals surface area contributed by atoms with Crippen molar-refractivity contribution in [2.24, 2.45) is 0 Å². The largest absolute Gasteiger partial charge is 0.435 e. The van der Waals surface area contributed by atoms with Crippen LogP contribution in [0.4, 0.5) is 20.2 Å². The fourth-order valence-electron chi connectivity index (χ4n) is 7.55. The maximum absolute atomic E-state index is 14.8. The smallest absolute Gasteiger partial charge is 0.387 e. The zero-order valence-electron chi connectivity index (χ0n) is 33.8. The zero-order valence-corrected chi connectivity index (χ0v) is 33.8. The van der Waals surface area contributed by atoms with Gasteiger partial charge in [0.2, 0.25) is 17.7 Å². The molecule has 1 N–H and O–H groups in total. The number of hydrogen-bond acceptors (Lipinski definition) is 8. The first-order chi connectivity index (χ1) is 28.6. The van der Waals surface area contributed by atoms with Crippen molar-refractivity contribution in [3.05, 3.63) is 131 Å². The number of rotatable bonds is 16. The molecular weight excluding hydrogens is 755 g/mol. The van der Waals surface area contributed by atoms with Crippen molar-refractivity contribution in [2.45, 2.75) is 39.1 Å². The van der Waals surface area contributed by atoms with E-state index in [1.807, 2.05) is 76.3 Å². The molecule has 0 aliphatic carbocycles. The van der Waals surface area contributed by atoms with Crippen LogP contribution in [0.1, 0.15) is 29.2 Å². The fourth-order valence-corrected chi connectivity index (χ4v) is 7.55. The van der Waals surface area contributed by atoms with Gasteiger partial charge in [0.25, 0.3) is 0 Å². The molecule has 312 valence electrons. The Morgan fingerprint density at radius 3 is 2.00 bits per heavy atom. The van der Waals surface area contributed by atoms with Gasteiger partial charge in [0.05, 0.1) is 6.61 Å². The number of carbonyl (C=O) groups excluding carboxylic acids is 3. The summed E-state index contributed by atoms with van der Waals surface area (Å²) in [5.41, 5.74) is 5.62. The van der Waals surface area contributed by atoms with Crippen molar-refractivity contribution < 1.29 is 33.0 Å². The number of likely N-dealkylation sites (N-methyl/N-ethyl adjacent to an activating group) is 1. The van der Waals surface area contributed by atoms with Crippen molar-refractivity contribution in [1.82, 2.24) is 19.6 Å². The summed E-state index contributed by atoms with van der Waals surface area (Å²) in [6.07, 6.45) is 3.36. The number of aliphatic hydroxyl groups is 1. The molecular formula is C46H54F2N6O5. The van der Waals surface area contributed by atoms with Crippen LogP contribution in [0.15, 0.2) is 109 Å². The number of anilines is 2. The predicted molar refractivity (Wildman–Crippen MR) is 226 cm³/mol. The van der Waals surface area contributed by atoms with Crippen molar-refractivity contribution in [1.29, 1.82) is 0 Å². The molecule has 4 aromatic rings. The van der Waals surface area contributed by atoms with Gasteiger partial charge < -0.3 is 34.3 Å². The standard InChI is InChI=1S/C46H54F2N6O5/c1-35(56)51-26-28-52(29-27-51)41-17-10-39(11-18-41)34-54(44(57)21-14-36-12-19-42(20-13-36)59-46(47)48)43(32-37-6-4-3-5-7-37)45(58)53-24-22-50(23-25-53)33-38-8-15-40(16-9-38)49(2)30-31-55/h3-21,43,46,55H,22-34H2,1-2H3/b21-14+/t43-/m0/s1. The fraction of sp³-hybridized carbons (Fsp3) is 0.370. The summed E-state index contributed by atoms with van der Waals surface area (Å²) >= 11 is 0. The lowest BCUT2D eigenvalue weighted by Gasteiger charge is -2.39. The highest BCUT2D eigenvalue weighted by molar-refractivity contribution is 5.96. The van der Waals surface area contributed by atoms with E-state index in [2.05, 4.69) is 38.8 Å². The summed E-state index contributed by atoms with van der Waals surface area (Å²) in [6, 6.07) is 31.2. The summed E-state index contributed by atoms with van der Waals surface area (Å²) in [5.74, 6) is -0.394.